The lowest BCUT2D eigenvalue weighted by molar-refractivity contribution is 0.103. The van der Waals surface area contributed by atoms with E-state index in [-0.39, 0.29) is 11.5 Å². The van der Waals surface area contributed by atoms with Crippen molar-refractivity contribution in [3.05, 3.63) is 57.8 Å². The van der Waals surface area contributed by atoms with Gasteiger partial charge in [0, 0.05) is 10.9 Å². The fourth-order valence-electron chi connectivity index (χ4n) is 3.20. The second kappa shape index (κ2) is 7.10. The first kappa shape index (κ1) is 19.0. The Hall–Kier alpha value is -2.77. The molecule has 0 aliphatic rings. The summed E-state index contributed by atoms with van der Waals surface area (Å²) in [6.07, 6.45) is 0. The summed E-state index contributed by atoms with van der Waals surface area (Å²) >= 11 is 0. The third-order valence-electron chi connectivity index (χ3n) is 4.74. The van der Waals surface area contributed by atoms with E-state index >= 15 is 0 Å². The van der Waals surface area contributed by atoms with Crippen LogP contribution in [0.1, 0.15) is 38.4 Å². The second-order valence-corrected chi connectivity index (χ2v) is 6.52. The van der Waals surface area contributed by atoms with E-state index < -0.39 is 7.32 Å². The van der Waals surface area contributed by atoms with Crippen LogP contribution in [0.25, 0.3) is 11.0 Å². The summed E-state index contributed by atoms with van der Waals surface area (Å²) in [5.74, 6) is 1.07. The zero-order valence-corrected chi connectivity index (χ0v) is 15.9. The standard InChI is InChI=1S/C20H21BO6/c1-10-6-7-15-17(13(4)26-20(15)19(10)27-21(23)24)18(22)14-8-11(2)12(3)16(9-14)25-5/h6-9,23-24H,1-5H3. The lowest BCUT2D eigenvalue weighted by atomic mass is 9.96. The number of aryl methyl sites for hydroxylation is 3. The van der Waals surface area contributed by atoms with Crippen molar-refractivity contribution in [3.63, 3.8) is 0 Å². The molecule has 2 N–H and O–H groups in total. The molecule has 6 nitrogen and oxygen atoms in total. The number of carbonyl (C=O) groups is 1. The second-order valence-electron chi connectivity index (χ2n) is 6.52. The fraction of sp³-hybridized carbons (Fsp3) is 0.250. The highest BCUT2D eigenvalue weighted by molar-refractivity contribution is 6.34. The number of furan rings is 1. The first-order valence-electron chi connectivity index (χ1n) is 8.50. The Morgan fingerprint density at radius 2 is 1.78 bits per heavy atom. The molecule has 3 aromatic rings. The van der Waals surface area contributed by atoms with Gasteiger partial charge in [-0.05, 0) is 62.6 Å². The van der Waals surface area contributed by atoms with Crippen molar-refractivity contribution in [1.82, 2.24) is 0 Å². The van der Waals surface area contributed by atoms with Crippen LogP contribution in [-0.2, 0) is 0 Å². The number of methoxy groups -OCH3 is 1. The molecule has 1 heterocycles. The molecular formula is C20H21BO6. The van der Waals surface area contributed by atoms with Gasteiger partial charge in [-0.25, -0.2) is 0 Å². The highest BCUT2D eigenvalue weighted by Gasteiger charge is 2.25. The summed E-state index contributed by atoms with van der Waals surface area (Å²) in [6.45, 7) is 7.31. The molecular weight excluding hydrogens is 347 g/mol. The lowest BCUT2D eigenvalue weighted by Crippen LogP contribution is -2.21. The number of ether oxygens (including phenoxy) is 1. The maximum atomic E-state index is 13.2. The molecule has 0 saturated heterocycles. The van der Waals surface area contributed by atoms with Crippen LogP contribution < -0.4 is 9.39 Å². The molecule has 0 radical (unpaired) electrons. The number of benzene rings is 2. The molecule has 1 aromatic heterocycles. The SMILES string of the molecule is COc1cc(C(=O)c2c(C)oc3c(OB(O)O)c(C)ccc23)cc(C)c1C. The summed E-state index contributed by atoms with van der Waals surface area (Å²) in [4.78, 5) is 13.2. The minimum Gasteiger partial charge on any atom is -0.509 e. The smallest absolute Gasteiger partial charge is 0.509 e. The number of rotatable bonds is 5. The molecule has 0 unspecified atom stereocenters. The highest BCUT2D eigenvalue weighted by Crippen LogP contribution is 2.37. The molecule has 27 heavy (non-hydrogen) atoms. The van der Waals surface area contributed by atoms with E-state index in [1.807, 2.05) is 19.9 Å². The molecule has 0 aliphatic heterocycles. The van der Waals surface area contributed by atoms with E-state index in [0.717, 1.165) is 11.1 Å². The van der Waals surface area contributed by atoms with E-state index in [4.69, 9.17) is 13.8 Å². The third-order valence-corrected chi connectivity index (χ3v) is 4.74. The number of hydrogen-bond donors (Lipinski definition) is 2. The molecule has 0 fully saturated rings. The summed E-state index contributed by atoms with van der Waals surface area (Å²) in [7, 11) is -0.413. The average Bonchev–Trinajstić information content (AvgIpc) is 2.95. The lowest BCUT2D eigenvalue weighted by Gasteiger charge is -2.11. The fourth-order valence-corrected chi connectivity index (χ4v) is 3.20. The van der Waals surface area contributed by atoms with Gasteiger partial charge >= 0.3 is 7.32 Å². The summed E-state index contributed by atoms with van der Waals surface area (Å²) in [6, 6.07) is 7.05. The summed E-state index contributed by atoms with van der Waals surface area (Å²) in [5.41, 5.74) is 3.80. The van der Waals surface area contributed by atoms with Crippen LogP contribution in [0.4, 0.5) is 0 Å². The molecule has 0 aliphatic carbocycles. The maximum Gasteiger partial charge on any atom is 0.707 e. The van der Waals surface area contributed by atoms with Crippen molar-refractivity contribution in [1.29, 1.82) is 0 Å². The van der Waals surface area contributed by atoms with Crippen LogP contribution >= 0.6 is 0 Å². The maximum absolute atomic E-state index is 13.2. The number of ketones is 1. The van der Waals surface area contributed by atoms with E-state index in [0.29, 0.717) is 39.2 Å². The first-order valence-corrected chi connectivity index (χ1v) is 8.50. The monoisotopic (exact) mass is 368 g/mol. The largest absolute Gasteiger partial charge is 0.707 e. The highest BCUT2D eigenvalue weighted by atomic mass is 16.6. The van der Waals surface area contributed by atoms with Crippen molar-refractivity contribution in [2.75, 3.05) is 7.11 Å². The van der Waals surface area contributed by atoms with Gasteiger partial charge < -0.3 is 23.9 Å². The van der Waals surface area contributed by atoms with E-state index in [9.17, 15) is 14.8 Å². The molecule has 0 spiro atoms. The van der Waals surface area contributed by atoms with Crippen LogP contribution in [0.5, 0.6) is 11.5 Å². The zero-order chi connectivity index (χ0) is 19.9. The van der Waals surface area contributed by atoms with Crippen molar-refractivity contribution >= 4 is 24.1 Å². The van der Waals surface area contributed by atoms with E-state index in [1.165, 1.54) is 0 Å². The van der Waals surface area contributed by atoms with Gasteiger partial charge in [-0.3, -0.25) is 4.79 Å². The molecule has 0 bridgehead atoms. The Labute approximate surface area is 157 Å². The van der Waals surface area contributed by atoms with Gasteiger partial charge in [-0.15, -0.1) is 0 Å². The number of carbonyl (C=O) groups excluding carboxylic acids is 1. The third kappa shape index (κ3) is 3.31. The van der Waals surface area contributed by atoms with Crippen LogP contribution in [-0.4, -0.2) is 30.3 Å². The van der Waals surface area contributed by atoms with E-state index in [2.05, 4.69) is 0 Å². The van der Waals surface area contributed by atoms with Crippen LogP contribution in [0, 0.1) is 27.7 Å². The average molecular weight is 368 g/mol. The van der Waals surface area contributed by atoms with Crippen molar-refractivity contribution < 1.29 is 28.7 Å². The van der Waals surface area contributed by atoms with Gasteiger partial charge in [0.25, 0.3) is 0 Å². The molecule has 0 amide bonds. The van der Waals surface area contributed by atoms with Gasteiger partial charge in [-0.2, -0.15) is 0 Å². The van der Waals surface area contributed by atoms with Gasteiger partial charge in [0.15, 0.2) is 11.4 Å². The van der Waals surface area contributed by atoms with Gasteiger partial charge in [0.2, 0.25) is 0 Å². The quantitative estimate of drug-likeness (QED) is 0.531. The van der Waals surface area contributed by atoms with Crippen LogP contribution in [0.15, 0.2) is 28.7 Å². The summed E-state index contributed by atoms with van der Waals surface area (Å²) < 4.78 is 16.2. The predicted molar refractivity (Wildman–Crippen MR) is 102 cm³/mol. The molecule has 0 atom stereocenters. The Bertz CT molecular complexity index is 1030. The minimum absolute atomic E-state index is 0.197. The van der Waals surface area contributed by atoms with E-state index in [1.54, 1.807) is 39.2 Å². The topological polar surface area (TPSA) is 89.1 Å². The zero-order valence-electron chi connectivity index (χ0n) is 15.9. The number of hydrogen-bond acceptors (Lipinski definition) is 6. The minimum atomic E-state index is -1.98. The Morgan fingerprint density at radius 3 is 2.41 bits per heavy atom. The molecule has 7 heteroatoms. The van der Waals surface area contributed by atoms with Crippen molar-refractivity contribution in [3.8, 4) is 11.5 Å². The Morgan fingerprint density at radius 1 is 1.07 bits per heavy atom. The first-order chi connectivity index (χ1) is 12.7. The molecule has 140 valence electrons. The Kier molecular flexibility index (Phi) is 5.00. The number of fused-ring (bicyclic) bond motifs is 1. The summed E-state index contributed by atoms with van der Waals surface area (Å²) in [5, 5.41) is 18.9. The van der Waals surface area contributed by atoms with Crippen LogP contribution in [0.2, 0.25) is 0 Å². The van der Waals surface area contributed by atoms with Gasteiger partial charge in [0.05, 0.1) is 12.7 Å². The Balaban J connectivity index is 2.19. The molecule has 2 aromatic carbocycles. The van der Waals surface area contributed by atoms with Gasteiger partial charge in [0.1, 0.15) is 17.3 Å². The predicted octanol–water partition coefficient (Wildman–Crippen LogP) is 3.25. The molecule has 0 saturated carbocycles. The molecule has 3 rings (SSSR count). The van der Waals surface area contributed by atoms with Crippen molar-refractivity contribution in [2.45, 2.75) is 27.7 Å². The van der Waals surface area contributed by atoms with Crippen molar-refractivity contribution in [2.24, 2.45) is 0 Å². The van der Waals surface area contributed by atoms with Gasteiger partial charge in [-0.1, -0.05) is 6.07 Å². The van der Waals surface area contributed by atoms with Crippen LogP contribution in [0.3, 0.4) is 0 Å². The normalized spacial score (nSPS) is 10.9.